The number of hydrogen-bond acceptors (Lipinski definition) is 5. The third kappa shape index (κ3) is 2.34. The molecule has 32 heavy (non-hydrogen) atoms. The molecule has 0 fully saturated rings. The van der Waals surface area contributed by atoms with E-state index in [4.69, 9.17) is 30.2 Å². The Morgan fingerprint density at radius 3 is 2.12 bits per heavy atom. The predicted molar refractivity (Wildman–Crippen MR) is 120 cm³/mol. The zero-order valence-corrected chi connectivity index (χ0v) is 17.8. The molecule has 0 N–H and O–H groups in total. The second kappa shape index (κ2) is 6.47. The zero-order valence-electron chi connectivity index (χ0n) is 17.0. The molecule has 3 aliphatic rings. The Bertz CT molecular complexity index is 1330. The van der Waals surface area contributed by atoms with Gasteiger partial charge in [-0.3, -0.25) is 0 Å². The Morgan fingerprint density at radius 2 is 1.44 bits per heavy atom. The maximum atomic E-state index is 6.30. The lowest BCUT2D eigenvalue weighted by Gasteiger charge is -2.42. The standard InChI is InChI=1S/C26H18ClNO4/c27-25-10-9-16(32-25)13-28-20-7-3-1-5-17(20)26(18-6-2-4-8-21(18)28)14-29-22-12-24-23(11-19(22)26)30-15-31-24/h1-12H,13-15H2. The second-order valence-electron chi connectivity index (χ2n) is 8.22. The highest BCUT2D eigenvalue weighted by molar-refractivity contribution is 6.28. The van der Waals surface area contributed by atoms with Crippen molar-refractivity contribution in [3.05, 3.63) is 100 Å². The van der Waals surface area contributed by atoms with E-state index in [0.717, 1.165) is 39.9 Å². The van der Waals surface area contributed by atoms with E-state index in [1.54, 1.807) is 6.07 Å². The minimum Gasteiger partial charge on any atom is -0.491 e. The van der Waals surface area contributed by atoms with Crippen LogP contribution < -0.4 is 19.1 Å². The van der Waals surface area contributed by atoms with Crippen LogP contribution in [0, 0.1) is 0 Å². The first-order valence-electron chi connectivity index (χ1n) is 10.5. The molecular formula is C26H18ClNO4. The van der Waals surface area contributed by atoms with Crippen LogP contribution in [0.4, 0.5) is 11.4 Å². The topological polar surface area (TPSA) is 44.1 Å². The van der Waals surface area contributed by atoms with Crippen LogP contribution in [-0.2, 0) is 12.0 Å². The number of rotatable bonds is 2. The summed E-state index contributed by atoms with van der Waals surface area (Å²) in [6.45, 7) is 1.32. The van der Waals surface area contributed by atoms with Crippen LogP contribution in [0.15, 0.2) is 77.2 Å². The maximum absolute atomic E-state index is 6.30. The summed E-state index contributed by atoms with van der Waals surface area (Å²) in [5.41, 5.74) is 5.27. The van der Waals surface area contributed by atoms with Crippen molar-refractivity contribution in [2.24, 2.45) is 0 Å². The highest BCUT2D eigenvalue weighted by Crippen LogP contribution is 2.58. The summed E-state index contributed by atoms with van der Waals surface area (Å²) < 4.78 is 23.3. The zero-order chi connectivity index (χ0) is 21.3. The molecule has 0 atom stereocenters. The highest BCUT2D eigenvalue weighted by atomic mass is 35.5. The number of ether oxygens (including phenoxy) is 3. The average Bonchev–Trinajstić information content (AvgIpc) is 3.54. The SMILES string of the molecule is Clc1ccc(CN2c3ccccc3C3(COc4cc5c(cc43)OCO5)c3ccccc32)o1. The van der Waals surface area contributed by atoms with E-state index >= 15 is 0 Å². The Morgan fingerprint density at radius 1 is 0.750 bits per heavy atom. The Labute approximate surface area is 189 Å². The maximum Gasteiger partial charge on any atom is 0.231 e. The molecule has 1 aromatic heterocycles. The van der Waals surface area contributed by atoms with Gasteiger partial charge in [-0.2, -0.15) is 0 Å². The molecule has 3 aliphatic heterocycles. The summed E-state index contributed by atoms with van der Waals surface area (Å²) in [6, 6.07) is 24.7. The van der Waals surface area contributed by atoms with Gasteiger partial charge >= 0.3 is 0 Å². The molecule has 5 nitrogen and oxygen atoms in total. The van der Waals surface area contributed by atoms with Gasteiger partial charge in [-0.15, -0.1) is 0 Å². The lowest BCUT2D eigenvalue weighted by Crippen LogP contribution is -2.39. The van der Waals surface area contributed by atoms with Gasteiger partial charge < -0.3 is 23.5 Å². The molecule has 0 saturated heterocycles. The fourth-order valence-corrected chi connectivity index (χ4v) is 5.43. The molecule has 4 heterocycles. The van der Waals surface area contributed by atoms with Crippen LogP contribution in [0.25, 0.3) is 0 Å². The molecule has 0 aliphatic carbocycles. The lowest BCUT2D eigenvalue weighted by molar-refractivity contribution is 0.173. The molecule has 7 rings (SSSR count). The number of fused-ring (bicyclic) bond motifs is 7. The van der Waals surface area contributed by atoms with E-state index in [2.05, 4.69) is 59.5 Å². The van der Waals surface area contributed by atoms with Crippen molar-refractivity contribution in [3.8, 4) is 17.2 Å². The van der Waals surface area contributed by atoms with Crippen molar-refractivity contribution in [2.45, 2.75) is 12.0 Å². The van der Waals surface area contributed by atoms with Crippen molar-refractivity contribution < 1.29 is 18.6 Å². The molecule has 0 saturated carbocycles. The van der Waals surface area contributed by atoms with Gasteiger partial charge in [0.25, 0.3) is 0 Å². The molecule has 158 valence electrons. The van der Waals surface area contributed by atoms with E-state index in [9.17, 15) is 0 Å². The van der Waals surface area contributed by atoms with E-state index in [1.807, 2.05) is 12.1 Å². The lowest BCUT2D eigenvalue weighted by atomic mass is 9.67. The van der Waals surface area contributed by atoms with E-state index in [1.165, 1.54) is 11.1 Å². The van der Waals surface area contributed by atoms with Gasteiger partial charge in [-0.05, 0) is 53.1 Å². The summed E-state index contributed by atoms with van der Waals surface area (Å²) in [4.78, 5) is 2.29. The Balaban J connectivity index is 1.48. The minimum absolute atomic E-state index is 0.234. The van der Waals surface area contributed by atoms with E-state index in [0.29, 0.717) is 18.4 Å². The third-order valence-corrected chi connectivity index (χ3v) is 6.83. The average molecular weight is 444 g/mol. The van der Waals surface area contributed by atoms with Crippen LogP contribution in [0.5, 0.6) is 17.2 Å². The number of furan rings is 1. The van der Waals surface area contributed by atoms with Crippen LogP contribution in [-0.4, -0.2) is 13.4 Å². The summed E-state index contributed by atoms with van der Waals surface area (Å²) in [6.07, 6.45) is 0. The van der Waals surface area contributed by atoms with Crippen molar-refractivity contribution in [2.75, 3.05) is 18.3 Å². The Kier molecular flexibility index (Phi) is 3.65. The van der Waals surface area contributed by atoms with E-state index in [-0.39, 0.29) is 6.79 Å². The van der Waals surface area contributed by atoms with Gasteiger partial charge in [0.1, 0.15) is 18.1 Å². The van der Waals surface area contributed by atoms with Gasteiger partial charge in [-0.25, -0.2) is 0 Å². The number of para-hydroxylation sites is 2. The normalized spacial score (nSPS) is 16.5. The Hall–Kier alpha value is -3.57. The smallest absolute Gasteiger partial charge is 0.231 e. The molecule has 6 heteroatoms. The molecule has 1 spiro atoms. The summed E-state index contributed by atoms with van der Waals surface area (Å²) in [5, 5.41) is 0.393. The van der Waals surface area contributed by atoms with Crippen LogP contribution in [0.1, 0.15) is 22.5 Å². The molecule has 0 amide bonds. The highest BCUT2D eigenvalue weighted by Gasteiger charge is 2.50. The number of nitrogens with zero attached hydrogens (tertiary/aromatic N) is 1. The largest absolute Gasteiger partial charge is 0.491 e. The fraction of sp³-hybridized carbons (Fsp3) is 0.154. The van der Waals surface area contributed by atoms with E-state index < -0.39 is 5.41 Å². The van der Waals surface area contributed by atoms with Crippen LogP contribution in [0.2, 0.25) is 5.22 Å². The molecular weight excluding hydrogens is 426 g/mol. The third-order valence-electron chi connectivity index (χ3n) is 6.63. The van der Waals surface area contributed by atoms with Gasteiger partial charge in [-0.1, -0.05) is 36.4 Å². The predicted octanol–water partition coefficient (Wildman–Crippen LogP) is 6.04. The van der Waals surface area contributed by atoms with Crippen molar-refractivity contribution >= 4 is 23.0 Å². The quantitative estimate of drug-likeness (QED) is 0.378. The summed E-state index contributed by atoms with van der Waals surface area (Å²) >= 11 is 6.06. The van der Waals surface area contributed by atoms with Crippen molar-refractivity contribution in [1.29, 1.82) is 0 Å². The number of halogens is 1. The molecule has 3 aromatic carbocycles. The van der Waals surface area contributed by atoms with Gasteiger partial charge in [0.2, 0.25) is 6.79 Å². The van der Waals surface area contributed by atoms with Crippen molar-refractivity contribution in [3.63, 3.8) is 0 Å². The molecule has 4 aromatic rings. The monoisotopic (exact) mass is 443 g/mol. The number of benzene rings is 3. The first-order valence-corrected chi connectivity index (χ1v) is 10.9. The fourth-order valence-electron chi connectivity index (χ4n) is 5.26. The molecule has 0 bridgehead atoms. The van der Waals surface area contributed by atoms with Crippen LogP contribution >= 0.6 is 11.6 Å². The first-order chi connectivity index (χ1) is 15.7. The van der Waals surface area contributed by atoms with Gasteiger partial charge in [0.05, 0.1) is 12.0 Å². The molecule has 0 radical (unpaired) electrons. The summed E-state index contributed by atoms with van der Waals surface area (Å²) in [5.74, 6) is 3.14. The minimum atomic E-state index is -0.444. The first kappa shape index (κ1) is 18.0. The second-order valence-corrected chi connectivity index (χ2v) is 8.59. The summed E-state index contributed by atoms with van der Waals surface area (Å²) in [7, 11) is 0. The molecule has 0 unspecified atom stereocenters. The van der Waals surface area contributed by atoms with Gasteiger partial charge in [0, 0.05) is 23.0 Å². The van der Waals surface area contributed by atoms with Gasteiger partial charge in [0.15, 0.2) is 16.7 Å². The number of anilines is 2. The van der Waals surface area contributed by atoms with Crippen molar-refractivity contribution in [1.82, 2.24) is 0 Å². The number of hydrogen-bond donors (Lipinski definition) is 0. The van der Waals surface area contributed by atoms with Crippen LogP contribution in [0.3, 0.4) is 0 Å².